The van der Waals surface area contributed by atoms with Crippen LogP contribution in [0.1, 0.15) is 6.42 Å². The summed E-state index contributed by atoms with van der Waals surface area (Å²) in [5.74, 6) is 0. The summed E-state index contributed by atoms with van der Waals surface area (Å²) in [6, 6.07) is 11.7. The first-order valence-corrected chi connectivity index (χ1v) is 7.91. The summed E-state index contributed by atoms with van der Waals surface area (Å²) in [6.07, 6.45) is 0.440. The van der Waals surface area contributed by atoms with Crippen LogP contribution in [0.3, 0.4) is 0 Å². The highest BCUT2D eigenvalue weighted by Gasteiger charge is 2.14. The van der Waals surface area contributed by atoms with Crippen molar-refractivity contribution < 1.29 is 4.92 Å². The molecule has 0 heterocycles. The molecule has 0 aromatic heterocycles. The molecule has 0 saturated carbocycles. The van der Waals surface area contributed by atoms with E-state index in [9.17, 15) is 10.1 Å². The minimum atomic E-state index is -0.583. The van der Waals surface area contributed by atoms with E-state index in [1.165, 1.54) is 12.1 Å². The van der Waals surface area contributed by atoms with E-state index in [0.29, 0.717) is 18.7 Å². The number of nitriles is 1. The summed E-state index contributed by atoms with van der Waals surface area (Å²) in [5, 5.41) is 27.5. The van der Waals surface area contributed by atoms with Gasteiger partial charge in [0.2, 0.25) is 0 Å². The Hall–Kier alpha value is -2.69. The van der Waals surface area contributed by atoms with Gasteiger partial charge in [-0.15, -0.1) is 5.11 Å². The van der Waals surface area contributed by atoms with Gasteiger partial charge in [-0.25, -0.2) is 0 Å². The molecule has 0 saturated heterocycles. The molecule has 0 fully saturated rings. The van der Waals surface area contributed by atoms with Gasteiger partial charge in [0.25, 0.3) is 5.69 Å². The van der Waals surface area contributed by atoms with Crippen LogP contribution >= 0.6 is 23.2 Å². The lowest BCUT2D eigenvalue weighted by Crippen LogP contribution is -2.17. The number of anilines is 1. The molecule has 0 aliphatic heterocycles. The van der Waals surface area contributed by atoms with Crippen molar-refractivity contribution in [2.75, 3.05) is 18.5 Å². The minimum absolute atomic E-state index is 0.0517. The van der Waals surface area contributed by atoms with Gasteiger partial charge in [0, 0.05) is 31.4 Å². The largest absolute Gasteiger partial charge is 0.374 e. The number of halogens is 2. The Kier molecular flexibility index (Phi) is 6.28. The van der Waals surface area contributed by atoms with Crippen molar-refractivity contribution >= 4 is 46.0 Å². The van der Waals surface area contributed by atoms with E-state index in [0.717, 1.165) is 5.69 Å². The van der Waals surface area contributed by atoms with Crippen molar-refractivity contribution in [3.63, 3.8) is 0 Å². The summed E-state index contributed by atoms with van der Waals surface area (Å²) in [6.45, 7) is 0.630. The molecule has 0 amide bonds. The lowest BCUT2D eigenvalue weighted by Gasteiger charge is -2.17. The Balaban J connectivity index is 2.17. The van der Waals surface area contributed by atoms with E-state index >= 15 is 0 Å². The molecule has 9 heteroatoms. The molecule has 2 rings (SSSR count). The van der Waals surface area contributed by atoms with Crippen LogP contribution in [0.25, 0.3) is 0 Å². The summed E-state index contributed by atoms with van der Waals surface area (Å²) in [4.78, 5) is 12.1. The van der Waals surface area contributed by atoms with Crippen LogP contribution in [0, 0.1) is 21.4 Å². The van der Waals surface area contributed by atoms with Crippen molar-refractivity contribution in [3.05, 3.63) is 56.6 Å². The molecule has 0 atom stereocenters. The Morgan fingerprint density at radius 2 is 1.80 bits per heavy atom. The third-order valence-corrected chi connectivity index (χ3v) is 3.90. The fraction of sp³-hybridized carbons (Fsp3) is 0.188. The first-order chi connectivity index (χ1) is 11.9. The molecule has 0 spiro atoms. The maximum absolute atomic E-state index is 10.8. The molecule has 0 bridgehead atoms. The number of nitro benzene ring substituents is 1. The van der Waals surface area contributed by atoms with E-state index in [1.807, 2.05) is 24.1 Å². The third kappa shape index (κ3) is 4.89. The highest BCUT2D eigenvalue weighted by atomic mass is 35.5. The van der Waals surface area contributed by atoms with Crippen LogP contribution in [-0.4, -0.2) is 18.5 Å². The van der Waals surface area contributed by atoms with Gasteiger partial charge in [-0.1, -0.05) is 23.2 Å². The van der Waals surface area contributed by atoms with E-state index in [2.05, 4.69) is 16.3 Å². The minimum Gasteiger partial charge on any atom is -0.374 e. The average molecular weight is 378 g/mol. The lowest BCUT2D eigenvalue weighted by atomic mass is 10.2. The van der Waals surface area contributed by atoms with E-state index in [4.69, 9.17) is 28.5 Å². The molecule has 0 radical (unpaired) electrons. The van der Waals surface area contributed by atoms with Crippen LogP contribution < -0.4 is 4.90 Å². The molecule has 2 aromatic carbocycles. The fourth-order valence-electron chi connectivity index (χ4n) is 1.98. The molecule has 25 heavy (non-hydrogen) atoms. The second kappa shape index (κ2) is 8.42. The number of nitro groups is 1. The third-order valence-electron chi connectivity index (χ3n) is 3.33. The second-order valence-corrected chi connectivity index (χ2v) is 5.88. The quantitative estimate of drug-likeness (QED) is 0.368. The number of azo groups is 1. The van der Waals surface area contributed by atoms with E-state index < -0.39 is 4.92 Å². The first-order valence-electron chi connectivity index (χ1n) is 7.15. The van der Waals surface area contributed by atoms with Crippen LogP contribution in [0.4, 0.5) is 22.7 Å². The SMILES string of the molecule is CN(CCC#N)c1ccc(N=Nc2c(Cl)cc([N+](=O)[O-])cc2Cl)cc1. The van der Waals surface area contributed by atoms with Crippen molar-refractivity contribution in [1.82, 2.24) is 0 Å². The van der Waals surface area contributed by atoms with Gasteiger partial charge in [0.1, 0.15) is 5.69 Å². The van der Waals surface area contributed by atoms with Gasteiger partial charge in [-0.3, -0.25) is 10.1 Å². The second-order valence-electron chi connectivity index (χ2n) is 5.06. The van der Waals surface area contributed by atoms with Crippen molar-refractivity contribution in [2.24, 2.45) is 10.2 Å². The predicted octanol–water partition coefficient (Wildman–Crippen LogP) is 5.67. The van der Waals surface area contributed by atoms with Crippen LogP contribution in [0.15, 0.2) is 46.6 Å². The fourth-order valence-corrected chi connectivity index (χ4v) is 2.53. The molecular formula is C16H13Cl2N5O2. The Morgan fingerprint density at radius 1 is 1.20 bits per heavy atom. The van der Waals surface area contributed by atoms with Gasteiger partial charge in [-0.05, 0) is 24.3 Å². The first kappa shape index (κ1) is 18.6. The zero-order valence-electron chi connectivity index (χ0n) is 13.2. The number of non-ortho nitro benzene ring substituents is 1. The molecule has 128 valence electrons. The highest BCUT2D eigenvalue weighted by molar-refractivity contribution is 6.39. The number of hydrogen-bond acceptors (Lipinski definition) is 6. The monoisotopic (exact) mass is 377 g/mol. The molecule has 7 nitrogen and oxygen atoms in total. The van der Waals surface area contributed by atoms with Crippen molar-refractivity contribution in [3.8, 4) is 6.07 Å². The van der Waals surface area contributed by atoms with E-state index in [-0.39, 0.29) is 21.4 Å². The Labute approximate surface area is 154 Å². The maximum Gasteiger partial charge on any atom is 0.272 e. The predicted molar refractivity (Wildman–Crippen MR) is 97.2 cm³/mol. The normalized spacial score (nSPS) is 10.6. The van der Waals surface area contributed by atoms with Crippen LogP contribution in [-0.2, 0) is 0 Å². The smallest absolute Gasteiger partial charge is 0.272 e. The number of benzene rings is 2. The average Bonchev–Trinajstić information content (AvgIpc) is 2.59. The van der Waals surface area contributed by atoms with Gasteiger partial charge in [-0.2, -0.15) is 10.4 Å². The summed E-state index contributed by atoms with van der Waals surface area (Å²) in [7, 11) is 1.89. The topological polar surface area (TPSA) is 94.9 Å². The van der Waals surface area contributed by atoms with Crippen LogP contribution in [0.5, 0.6) is 0 Å². The van der Waals surface area contributed by atoms with Gasteiger partial charge >= 0.3 is 0 Å². The van der Waals surface area contributed by atoms with Crippen molar-refractivity contribution in [1.29, 1.82) is 5.26 Å². The standard InChI is InChI=1S/C16H13Cl2N5O2/c1-22(8-2-7-19)12-5-3-11(4-6-12)20-21-16-14(17)9-13(23(24)25)10-15(16)18/h3-6,9-10H,2,8H2,1H3. The zero-order valence-corrected chi connectivity index (χ0v) is 14.7. The highest BCUT2D eigenvalue weighted by Crippen LogP contribution is 2.37. The number of hydrogen-bond donors (Lipinski definition) is 0. The molecule has 0 aliphatic rings. The molecule has 2 aromatic rings. The molecule has 0 aliphatic carbocycles. The summed E-state index contributed by atoms with van der Waals surface area (Å²) >= 11 is 12.0. The summed E-state index contributed by atoms with van der Waals surface area (Å²) in [5.41, 5.74) is 1.48. The lowest BCUT2D eigenvalue weighted by molar-refractivity contribution is -0.384. The Morgan fingerprint density at radius 3 is 2.32 bits per heavy atom. The van der Waals surface area contributed by atoms with Crippen LogP contribution in [0.2, 0.25) is 10.0 Å². The van der Waals surface area contributed by atoms with Crippen molar-refractivity contribution in [2.45, 2.75) is 6.42 Å². The van der Waals surface area contributed by atoms with Gasteiger partial charge in [0.15, 0.2) is 0 Å². The number of rotatable bonds is 6. The zero-order chi connectivity index (χ0) is 18.4. The summed E-state index contributed by atoms with van der Waals surface area (Å²) < 4.78 is 0. The van der Waals surface area contributed by atoms with Gasteiger partial charge < -0.3 is 4.90 Å². The van der Waals surface area contributed by atoms with Gasteiger partial charge in [0.05, 0.1) is 33.1 Å². The maximum atomic E-state index is 10.8. The molecular weight excluding hydrogens is 365 g/mol. The van der Waals surface area contributed by atoms with E-state index in [1.54, 1.807) is 12.1 Å². The molecule has 0 N–H and O–H groups in total. The number of nitrogens with zero attached hydrogens (tertiary/aromatic N) is 5. The molecule has 0 unspecified atom stereocenters. The Bertz CT molecular complexity index is 824.